The first-order valence-corrected chi connectivity index (χ1v) is 7.07. The lowest BCUT2D eigenvalue weighted by molar-refractivity contribution is 0.0633. The third-order valence-corrected chi connectivity index (χ3v) is 2.59. The standard InChI is InChI=1S/C17H18N2O4/c1-17(2,3)23-16(21)19-14-10-9-13(11-18-14)22-15(20)12-7-5-4-6-8-12/h4-11H,1-3H3,(H,18,19,21). The lowest BCUT2D eigenvalue weighted by Crippen LogP contribution is -2.27. The van der Waals surface area contributed by atoms with Gasteiger partial charge in [0, 0.05) is 0 Å². The number of carbonyl (C=O) groups is 2. The van der Waals surface area contributed by atoms with E-state index in [9.17, 15) is 9.59 Å². The minimum atomic E-state index is -0.598. The molecule has 0 radical (unpaired) electrons. The van der Waals surface area contributed by atoms with E-state index in [4.69, 9.17) is 9.47 Å². The van der Waals surface area contributed by atoms with Crippen LogP contribution in [0.1, 0.15) is 31.1 Å². The summed E-state index contributed by atoms with van der Waals surface area (Å²) in [4.78, 5) is 27.5. The van der Waals surface area contributed by atoms with Crippen LogP contribution < -0.4 is 10.1 Å². The van der Waals surface area contributed by atoms with Gasteiger partial charge in [0.1, 0.15) is 17.2 Å². The van der Waals surface area contributed by atoms with Crippen LogP contribution in [-0.4, -0.2) is 22.6 Å². The van der Waals surface area contributed by atoms with E-state index in [0.29, 0.717) is 11.4 Å². The van der Waals surface area contributed by atoms with Gasteiger partial charge in [0.25, 0.3) is 0 Å². The van der Waals surface area contributed by atoms with Crippen LogP contribution in [0.15, 0.2) is 48.7 Å². The molecule has 0 aliphatic rings. The molecule has 1 N–H and O–H groups in total. The molecule has 0 saturated heterocycles. The molecule has 0 atom stereocenters. The second kappa shape index (κ2) is 6.91. The molecular formula is C17H18N2O4. The molecule has 6 nitrogen and oxygen atoms in total. The number of rotatable bonds is 3. The molecule has 0 aliphatic heterocycles. The molecule has 2 aromatic rings. The van der Waals surface area contributed by atoms with Crippen molar-refractivity contribution in [2.45, 2.75) is 26.4 Å². The molecule has 6 heteroatoms. The Morgan fingerprint density at radius 2 is 1.74 bits per heavy atom. The monoisotopic (exact) mass is 314 g/mol. The molecule has 120 valence electrons. The fourth-order valence-corrected chi connectivity index (χ4v) is 1.66. The van der Waals surface area contributed by atoms with Crippen LogP contribution in [0.3, 0.4) is 0 Å². The molecule has 0 unspecified atom stereocenters. The van der Waals surface area contributed by atoms with Gasteiger partial charge in [-0.05, 0) is 45.0 Å². The number of aromatic nitrogens is 1. The summed E-state index contributed by atoms with van der Waals surface area (Å²) in [6, 6.07) is 11.7. The first-order valence-electron chi connectivity index (χ1n) is 7.07. The maximum absolute atomic E-state index is 11.9. The lowest BCUT2D eigenvalue weighted by Gasteiger charge is -2.19. The van der Waals surface area contributed by atoms with Gasteiger partial charge in [-0.25, -0.2) is 14.6 Å². The third kappa shape index (κ3) is 5.43. The van der Waals surface area contributed by atoms with E-state index in [-0.39, 0.29) is 5.75 Å². The predicted molar refractivity (Wildman–Crippen MR) is 85.5 cm³/mol. The molecular weight excluding hydrogens is 296 g/mol. The van der Waals surface area contributed by atoms with Gasteiger partial charge in [0.15, 0.2) is 0 Å². The number of pyridine rings is 1. The van der Waals surface area contributed by atoms with Crippen molar-refractivity contribution in [2.75, 3.05) is 5.32 Å². The van der Waals surface area contributed by atoms with E-state index in [0.717, 1.165) is 0 Å². The Hall–Kier alpha value is -2.89. The number of hydrogen-bond acceptors (Lipinski definition) is 5. The zero-order valence-corrected chi connectivity index (χ0v) is 13.2. The maximum Gasteiger partial charge on any atom is 0.413 e. The van der Waals surface area contributed by atoms with E-state index >= 15 is 0 Å². The number of esters is 1. The van der Waals surface area contributed by atoms with Crippen LogP contribution in [0.4, 0.5) is 10.6 Å². The Morgan fingerprint density at radius 3 is 2.30 bits per heavy atom. The topological polar surface area (TPSA) is 77.5 Å². The van der Waals surface area contributed by atoms with Gasteiger partial charge < -0.3 is 9.47 Å². The Bertz CT molecular complexity index is 676. The number of amides is 1. The SMILES string of the molecule is CC(C)(C)OC(=O)Nc1ccc(OC(=O)c2ccccc2)cn1. The second-order valence-corrected chi connectivity index (χ2v) is 5.76. The first kappa shape index (κ1) is 16.5. The van der Waals surface area contributed by atoms with E-state index in [1.54, 1.807) is 51.1 Å². The van der Waals surface area contributed by atoms with Crippen molar-refractivity contribution in [3.05, 3.63) is 54.2 Å². The molecule has 1 amide bonds. The van der Waals surface area contributed by atoms with Gasteiger partial charge >= 0.3 is 12.1 Å². The Kier molecular flexibility index (Phi) is 4.95. The number of hydrogen-bond donors (Lipinski definition) is 1. The smallest absolute Gasteiger partial charge is 0.413 e. The molecule has 0 saturated carbocycles. The Morgan fingerprint density at radius 1 is 1.04 bits per heavy atom. The number of carbonyl (C=O) groups excluding carboxylic acids is 2. The second-order valence-electron chi connectivity index (χ2n) is 5.76. The lowest BCUT2D eigenvalue weighted by atomic mass is 10.2. The highest BCUT2D eigenvalue weighted by Crippen LogP contribution is 2.15. The average molecular weight is 314 g/mol. The van der Waals surface area contributed by atoms with E-state index in [1.807, 2.05) is 6.07 Å². The number of benzene rings is 1. The van der Waals surface area contributed by atoms with Crippen molar-refractivity contribution in [1.29, 1.82) is 0 Å². The number of nitrogens with one attached hydrogen (secondary N) is 1. The summed E-state index contributed by atoms with van der Waals surface area (Å²) in [5.41, 5.74) is -0.140. The molecule has 0 spiro atoms. The molecule has 1 aromatic heterocycles. The largest absolute Gasteiger partial charge is 0.444 e. The van der Waals surface area contributed by atoms with E-state index < -0.39 is 17.7 Å². The molecule has 1 aromatic carbocycles. The highest BCUT2D eigenvalue weighted by Gasteiger charge is 2.16. The first-order chi connectivity index (χ1) is 10.8. The summed E-state index contributed by atoms with van der Waals surface area (Å²) in [5.74, 6) is 0.118. The van der Waals surface area contributed by atoms with E-state index in [1.165, 1.54) is 12.3 Å². The summed E-state index contributed by atoms with van der Waals surface area (Å²) in [7, 11) is 0. The molecule has 0 bridgehead atoms. The zero-order chi connectivity index (χ0) is 16.9. The normalized spacial score (nSPS) is 10.7. The molecule has 2 rings (SSSR count). The summed E-state index contributed by atoms with van der Waals surface area (Å²) >= 11 is 0. The van der Waals surface area contributed by atoms with Crippen molar-refractivity contribution in [3.63, 3.8) is 0 Å². The minimum absolute atomic E-state index is 0.286. The zero-order valence-electron chi connectivity index (χ0n) is 13.2. The van der Waals surface area contributed by atoms with Gasteiger partial charge in [0.2, 0.25) is 0 Å². The van der Waals surface area contributed by atoms with Crippen molar-refractivity contribution < 1.29 is 19.1 Å². The van der Waals surface area contributed by atoms with Gasteiger partial charge in [-0.2, -0.15) is 0 Å². The fourth-order valence-electron chi connectivity index (χ4n) is 1.66. The van der Waals surface area contributed by atoms with Crippen LogP contribution in [-0.2, 0) is 4.74 Å². The Balaban J connectivity index is 1.95. The van der Waals surface area contributed by atoms with Crippen molar-refractivity contribution in [2.24, 2.45) is 0 Å². The van der Waals surface area contributed by atoms with Crippen LogP contribution in [0.2, 0.25) is 0 Å². The molecule has 0 fully saturated rings. The summed E-state index contributed by atoms with van der Waals surface area (Å²) < 4.78 is 10.3. The summed E-state index contributed by atoms with van der Waals surface area (Å²) in [5, 5.41) is 2.50. The summed E-state index contributed by atoms with van der Waals surface area (Å²) in [6.07, 6.45) is 0.757. The maximum atomic E-state index is 11.9. The number of nitrogens with zero attached hydrogens (tertiary/aromatic N) is 1. The van der Waals surface area contributed by atoms with Gasteiger partial charge in [-0.1, -0.05) is 18.2 Å². The molecule has 23 heavy (non-hydrogen) atoms. The number of ether oxygens (including phenoxy) is 2. The van der Waals surface area contributed by atoms with Crippen molar-refractivity contribution in [3.8, 4) is 5.75 Å². The quantitative estimate of drug-likeness (QED) is 0.875. The van der Waals surface area contributed by atoms with Gasteiger partial charge in [-0.15, -0.1) is 0 Å². The highest BCUT2D eigenvalue weighted by atomic mass is 16.6. The van der Waals surface area contributed by atoms with E-state index in [2.05, 4.69) is 10.3 Å². The van der Waals surface area contributed by atoms with Crippen LogP contribution >= 0.6 is 0 Å². The average Bonchev–Trinajstić information content (AvgIpc) is 2.48. The van der Waals surface area contributed by atoms with Crippen molar-refractivity contribution >= 4 is 17.9 Å². The van der Waals surface area contributed by atoms with Gasteiger partial charge in [-0.3, -0.25) is 5.32 Å². The van der Waals surface area contributed by atoms with Crippen LogP contribution in [0.25, 0.3) is 0 Å². The van der Waals surface area contributed by atoms with Crippen LogP contribution in [0, 0.1) is 0 Å². The van der Waals surface area contributed by atoms with Gasteiger partial charge in [0.05, 0.1) is 11.8 Å². The minimum Gasteiger partial charge on any atom is -0.444 e. The molecule has 0 aliphatic carbocycles. The Labute approximate surface area is 134 Å². The predicted octanol–water partition coefficient (Wildman–Crippen LogP) is 3.65. The van der Waals surface area contributed by atoms with Crippen LogP contribution in [0.5, 0.6) is 5.75 Å². The third-order valence-electron chi connectivity index (χ3n) is 2.59. The van der Waals surface area contributed by atoms with Crippen molar-refractivity contribution in [1.82, 2.24) is 4.98 Å². The summed E-state index contributed by atoms with van der Waals surface area (Å²) in [6.45, 7) is 5.31. The molecule has 1 heterocycles. The highest BCUT2D eigenvalue weighted by molar-refractivity contribution is 5.91. The number of anilines is 1. The fraction of sp³-hybridized carbons (Fsp3) is 0.235.